The monoisotopic (exact) mass is 312 g/mol. The zero-order valence-corrected chi connectivity index (χ0v) is 12.4. The Balaban J connectivity index is 2.09. The lowest BCUT2D eigenvalue weighted by Gasteiger charge is -2.17. The molecule has 0 spiro atoms. The number of carbonyl (C=O) groups is 1. The van der Waals surface area contributed by atoms with Crippen molar-refractivity contribution in [3.8, 4) is 0 Å². The molecular formula is C13H15ClN3O2S-. The van der Waals surface area contributed by atoms with Crippen LogP contribution in [0, 0.1) is 0 Å². The zero-order chi connectivity index (χ0) is 14.3. The molecule has 0 unspecified atom stereocenters. The van der Waals surface area contributed by atoms with Crippen molar-refractivity contribution in [2.24, 2.45) is 9.50 Å². The molecular weight excluding hydrogens is 298 g/mol. The smallest absolute Gasteiger partial charge is 0.323 e. The highest BCUT2D eigenvalue weighted by atomic mass is 35.5. The molecule has 0 bridgehead atoms. The molecule has 0 aliphatic heterocycles. The highest BCUT2D eigenvalue weighted by Crippen LogP contribution is 2.43. The summed E-state index contributed by atoms with van der Waals surface area (Å²) >= 11 is 6.49. The van der Waals surface area contributed by atoms with E-state index in [-0.39, 0.29) is 0 Å². The Morgan fingerprint density at radius 1 is 1.10 bits per heavy atom. The number of hydrogen-bond acceptors (Lipinski definition) is 3. The van der Waals surface area contributed by atoms with Gasteiger partial charge in [0.15, 0.2) is 0 Å². The van der Waals surface area contributed by atoms with Crippen LogP contribution in [0.5, 0.6) is 0 Å². The average Bonchev–Trinajstić information content (AvgIpc) is 3.02. The van der Waals surface area contributed by atoms with E-state index in [2.05, 4.69) is 9.68 Å². The van der Waals surface area contributed by atoms with Crippen LogP contribution in [0.25, 0.3) is 0 Å². The summed E-state index contributed by atoms with van der Waals surface area (Å²) in [5.41, 5.74) is 5.35. The number of carbonyl (C=O) groups excluding carboxylic acids is 1. The van der Waals surface area contributed by atoms with Crippen molar-refractivity contribution >= 4 is 34.1 Å². The van der Waals surface area contributed by atoms with E-state index in [1.807, 2.05) is 0 Å². The molecule has 3 rings (SSSR count). The average molecular weight is 313 g/mol. The standard InChI is InChI=1S/C13H15ClN3O2S/c14-11-7-3-1-5-9(7)12(10-6-2-4-8(10)11)16-13(18)17-20(15)19/h1-6H2,(H3,15,16,17,18,19)/q-1. The first-order valence-electron chi connectivity index (χ1n) is 6.62. The van der Waals surface area contributed by atoms with Crippen LogP contribution < -0.4 is 10.5 Å². The van der Waals surface area contributed by atoms with Crippen molar-refractivity contribution in [2.45, 2.75) is 38.5 Å². The predicted octanol–water partition coefficient (Wildman–Crippen LogP) is 2.87. The quantitative estimate of drug-likeness (QED) is 0.781. The summed E-state index contributed by atoms with van der Waals surface area (Å²) < 4.78 is 14.1. The maximum absolute atomic E-state index is 11.7. The molecule has 0 saturated heterocycles. The van der Waals surface area contributed by atoms with Crippen LogP contribution in [-0.4, -0.2) is 6.03 Å². The zero-order valence-electron chi connectivity index (χ0n) is 10.9. The highest BCUT2D eigenvalue weighted by Gasteiger charge is 2.28. The van der Waals surface area contributed by atoms with E-state index in [9.17, 15) is 9.00 Å². The summed E-state index contributed by atoms with van der Waals surface area (Å²) in [6, 6.07) is -0.656. The predicted molar refractivity (Wildman–Crippen MR) is 79.2 cm³/mol. The lowest BCUT2D eigenvalue weighted by atomic mass is 9.98. The molecule has 0 fully saturated rings. The first-order chi connectivity index (χ1) is 9.58. The number of hydrogen-bond donors (Lipinski definition) is 2. The van der Waals surface area contributed by atoms with E-state index < -0.39 is 16.8 Å². The summed E-state index contributed by atoms with van der Waals surface area (Å²) in [6.45, 7) is 0. The maximum Gasteiger partial charge on any atom is 0.323 e. The van der Waals surface area contributed by atoms with Gasteiger partial charge in [0.1, 0.15) is 0 Å². The lowest BCUT2D eigenvalue weighted by Crippen LogP contribution is -2.12. The molecule has 0 saturated carbocycles. The molecule has 108 valence electrons. The minimum atomic E-state index is -1.98. The van der Waals surface area contributed by atoms with Gasteiger partial charge in [0.25, 0.3) is 0 Å². The summed E-state index contributed by atoms with van der Waals surface area (Å²) in [5.74, 6) is 0. The number of nitrogens with zero attached hydrogens (tertiary/aromatic N) is 1. The minimum Gasteiger partial charge on any atom is -0.430 e. The third-order valence-electron chi connectivity index (χ3n) is 3.97. The van der Waals surface area contributed by atoms with E-state index in [4.69, 9.17) is 16.7 Å². The number of urea groups is 1. The van der Waals surface area contributed by atoms with Crippen LogP contribution in [0.2, 0.25) is 5.02 Å². The van der Waals surface area contributed by atoms with Crippen molar-refractivity contribution in [1.29, 1.82) is 0 Å². The van der Waals surface area contributed by atoms with Crippen LogP contribution in [0.1, 0.15) is 35.1 Å². The van der Waals surface area contributed by atoms with E-state index >= 15 is 0 Å². The highest BCUT2D eigenvalue weighted by molar-refractivity contribution is 7.72. The fourth-order valence-corrected chi connectivity index (χ4v) is 3.88. The normalized spacial score (nSPS) is 17.9. The molecule has 0 heterocycles. The van der Waals surface area contributed by atoms with Gasteiger partial charge in [-0.3, -0.25) is 0 Å². The van der Waals surface area contributed by atoms with Crippen LogP contribution in [0.4, 0.5) is 10.5 Å². The second kappa shape index (κ2) is 5.35. The fraction of sp³-hybridized carbons (Fsp3) is 0.462. The van der Waals surface area contributed by atoms with E-state index in [0.29, 0.717) is 0 Å². The van der Waals surface area contributed by atoms with E-state index in [1.54, 1.807) is 0 Å². The van der Waals surface area contributed by atoms with Gasteiger partial charge in [-0.1, -0.05) is 11.6 Å². The Morgan fingerprint density at radius 2 is 1.60 bits per heavy atom. The summed E-state index contributed by atoms with van der Waals surface area (Å²) in [7, 11) is -1.98. The Bertz CT molecular complexity index is 646. The summed E-state index contributed by atoms with van der Waals surface area (Å²) in [4.78, 5) is 11.7. The molecule has 5 nitrogen and oxygen atoms in total. The van der Waals surface area contributed by atoms with Gasteiger partial charge in [-0.2, -0.15) is 0 Å². The maximum atomic E-state index is 11.7. The fourth-order valence-electron chi connectivity index (χ4n) is 3.25. The van der Waals surface area contributed by atoms with E-state index in [0.717, 1.165) is 71.5 Å². The molecule has 0 radical (unpaired) electrons. The SMILES string of the molecule is N[S-](=O)=NC(=O)Nc1c2c(c(Cl)c3c1CCC3)CCC2. The second-order valence-corrected chi connectivity index (χ2v) is 6.22. The van der Waals surface area contributed by atoms with Crippen LogP contribution >= 0.6 is 11.6 Å². The molecule has 1 aromatic rings. The Kier molecular flexibility index (Phi) is 3.70. The van der Waals surface area contributed by atoms with Crippen molar-refractivity contribution < 1.29 is 9.00 Å². The van der Waals surface area contributed by atoms with Gasteiger partial charge in [-0.25, -0.2) is 4.79 Å². The molecule has 0 atom stereocenters. The molecule has 3 N–H and O–H groups in total. The third-order valence-corrected chi connectivity index (χ3v) is 4.78. The van der Waals surface area contributed by atoms with Gasteiger partial charge < -0.3 is 19.0 Å². The Labute approximate surface area is 124 Å². The number of nitrogens with two attached hydrogens (primary N) is 1. The topological polar surface area (TPSA) is 84.6 Å². The lowest BCUT2D eigenvalue weighted by molar-refractivity contribution is 0.260. The van der Waals surface area contributed by atoms with E-state index in [1.165, 1.54) is 0 Å². The summed E-state index contributed by atoms with van der Waals surface area (Å²) in [5, 5.41) is 8.66. The van der Waals surface area contributed by atoms with Crippen LogP contribution in [0.3, 0.4) is 0 Å². The molecule has 2 aliphatic rings. The number of amides is 2. The van der Waals surface area contributed by atoms with Gasteiger partial charge in [0, 0.05) is 10.7 Å². The molecule has 1 aromatic carbocycles. The molecule has 20 heavy (non-hydrogen) atoms. The third kappa shape index (κ3) is 2.32. The number of anilines is 1. The minimum absolute atomic E-state index is 0.656. The first kappa shape index (κ1) is 13.9. The van der Waals surface area contributed by atoms with Crippen LogP contribution in [-0.2, 0) is 40.7 Å². The number of nitrogens with one attached hydrogen (secondary N) is 1. The van der Waals surface area contributed by atoms with Crippen molar-refractivity contribution in [1.82, 2.24) is 0 Å². The van der Waals surface area contributed by atoms with Gasteiger partial charge in [0.2, 0.25) is 0 Å². The summed E-state index contributed by atoms with van der Waals surface area (Å²) in [6.07, 6.45) is 5.80. The number of rotatable bonds is 1. The van der Waals surface area contributed by atoms with Crippen molar-refractivity contribution in [3.05, 3.63) is 27.3 Å². The second-order valence-electron chi connectivity index (χ2n) is 5.11. The molecule has 2 amide bonds. The van der Waals surface area contributed by atoms with Crippen molar-refractivity contribution in [2.75, 3.05) is 5.32 Å². The Morgan fingerprint density at radius 3 is 2.10 bits per heavy atom. The molecule has 2 aliphatic carbocycles. The number of fused-ring (bicyclic) bond motifs is 2. The largest absolute Gasteiger partial charge is 0.430 e. The Hall–Kier alpha value is -1.11. The van der Waals surface area contributed by atoms with Gasteiger partial charge >= 0.3 is 6.03 Å². The van der Waals surface area contributed by atoms with Gasteiger partial charge in [-0.15, -0.1) is 10.8 Å². The van der Waals surface area contributed by atoms with Gasteiger partial charge in [0.05, 0.1) is 0 Å². The van der Waals surface area contributed by atoms with Crippen LogP contribution in [0.15, 0.2) is 4.36 Å². The first-order valence-corrected chi connectivity index (χ1v) is 8.16. The van der Waals surface area contributed by atoms with Gasteiger partial charge in [-0.05, 0) is 60.8 Å². The number of halogens is 1. The van der Waals surface area contributed by atoms with Crippen molar-refractivity contribution in [3.63, 3.8) is 0 Å². The molecule has 7 heteroatoms. The molecule has 0 aromatic heterocycles. The number of benzene rings is 1.